The number of rotatable bonds is 15. The molecule has 9 nitrogen and oxygen atoms in total. The first-order valence-electron chi connectivity index (χ1n) is 13.8. The van der Waals surface area contributed by atoms with Gasteiger partial charge in [-0.05, 0) is 41.0 Å². The third kappa shape index (κ3) is 9.07. The van der Waals surface area contributed by atoms with Gasteiger partial charge in [-0.1, -0.05) is 71.1 Å². The fourth-order valence-electron chi connectivity index (χ4n) is 4.95. The van der Waals surface area contributed by atoms with E-state index in [1.54, 1.807) is 34.6 Å². The van der Waals surface area contributed by atoms with Crippen molar-refractivity contribution in [3.05, 3.63) is 0 Å². The van der Waals surface area contributed by atoms with E-state index in [4.69, 9.17) is 4.74 Å². The zero-order chi connectivity index (χ0) is 27.8. The quantitative estimate of drug-likeness (QED) is 0.200. The third-order valence-electron chi connectivity index (χ3n) is 6.83. The van der Waals surface area contributed by atoms with E-state index in [1.165, 1.54) is 55.2 Å². The molecule has 2 aliphatic rings. The molecule has 2 fully saturated rings. The maximum absolute atomic E-state index is 13.2. The summed E-state index contributed by atoms with van der Waals surface area (Å²) in [7, 11) is 0. The summed E-state index contributed by atoms with van der Waals surface area (Å²) in [6, 6.07) is -2.58. The van der Waals surface area contributed by atoms with E-state index >= 15 is 0 Å². The van der Waals surface area contributed by atoms with Crippen molar-refractivity contribution in [3.63, 3.8) is 0 Å². The fourth-order valence-corrected chi connectivity index (χ4v) is 6.58. The Morgan fingerprint density at radius 2 is 1.57 bits per heavy atom. The van der Waals surface area contributed by atoms with Crippen molar-refractivity contribution in [1.29, 1.82) is 0 Å². The van der Waals surface area contributed by atoms with E-state index < -0.39 is 57.7 Å². The lowest BCUT2D eigenvalue weighted by Gasteiger charge is -2.44. The molecule has 3 amide bonds. The van der Waals surface area contributed by atoms with Crippen LogP contribution in [0.4, 0.5) is 4.79 Å². The summed E-state index contributed by atoms with van der Waals surface area (Å²) in [4.78, 5) is 51.5. The van der Waals surface area contributed by atoms with Gasteiger partial charge >= 0.3 is 12.1 Å². The Bertz CT molecular complexity index is 812. The zero-order valence-corrected chi connectivity index (χ0v) is 24.2. The molecule has 37 heavy (non-hydrogen) atoms. The number of carboxylic acid groups (broad SMARTS) is 1. The van der Waals surface area contributed by atoms with Crippen molar-refractivity contribution in [1.82, 2.24) is 15.5 Å². The van der Waals surface area contributed by atoms with Crippen LogP contribution in [0.1, 0.15) is 112 Å². The van der Waals surface area contributed by atoms with Crippen molar-refractivity contribution in [2.45, 2.75) is 146 Å². The number of nitrogens with one attached hydrogen (secondary N) is 2. The van der Waals surface area contributed by atoms with Crippen molar-refractivity contribution < 1.29 is 29.0 Å². The number of alkyl carbamates (subject to hydrolysis) is 1. The lowest BCUT2D eigenvalue weighted by atomic mass is 9.95. The first-order valence-corrected chi connectivity index (χ1v) is 14.7. The highest BCUT2D eigenvalue weighted by molar-refractivity contribution is 8.01. The number of carbonyl (C=O) groups excluding carboxylic acids is 3. The van der Waals surface area contributed by atoms with Crippen molar-refractivity contribution in [2.24, 2.45) is 0 Å². The van der Waals surface area contributed by atoms with E-state index in [2.05, 4.69) is 17.6 Å². The molecule has 4 atom stereocenters. The van der Waals surface area contributed by atoms with Gasteiger partial charge in [0.25, 0.3) is 0 Å². The van der Waals surface area contributed by atoms with E-state index in [9.17, 15) is 24.3 Å². The Morgan fingerprint density at radius 1 is 1.03 bits per heavy atom. The number of carboxylic acids is 1. The highest BCUT2D eigenvalue weighted by atomic mass is 32.2. The number of hydrogen-bond donors (Lipinski definition) is 3. The number of unbranched alkanes of at least 4 members (excludes halogenated alkanes) is 9. The van der Waals surface area contributed by atoms with Crippen LogP contribution >= 0.6 is 11.8 Å². The number of nitrogens with zero attached hydrogens (tertiary/aromatic N) is 1. The average molecular weight is 542 g/mol. The monoisotopic (exact) mass is 541 g/mol. The Balaban J connectivity index is 1.89. The number of hydrogen-bond acceptors (Lipinski definition) is 6. The molecule has 0 aliphatic carbocycles. The second kappa shape index (κ2) is 13.7. The summed E-state index contributed by atoms with van der Waals surface area (Å²) in [6.45, 7) is 11.1. The van der Waals surface area contributed by atoms with Crippen LogP contribution in [0.15, 0.2) is 0 Å². The normalized spacial score (nSPS) is 23.1. The Morgan fingerprint density at radius 3 is 2.08 bits per heavy atom. The van der Waals surface area contributed by atoms with E-state index in [0.29, 0.717) is 6.42 Å². The van der Waals surface area contributed by atoms with Gasteiger partial charge in [0.05, 0.1) is 0 Å². The Labute approximate surface area is 226 Å². The third-order valence-corrected chi connectivity index (χ3v) is 8.40. The van der Waals surface area contributed by atoms with Crippen molar-refractivity contribution >= 4 is 35.6 Å². The molecule has 10 heteroatoms. The summed E-state index contributed by atoms with van der Waals surface area (Å²) in [5.41, 5.74) is -0.704. The van der Waals surface area contributed by atoms with Gasteiger partial charge in [0, 0.05) is 4.75 Å². The fraction of sp³-hybridized carbons (Fsp3) is 0.852. The number of ether oxygens (including phenoxy) is 1. The molecule has 0 aromatic carbocycles. The lowest BCUT2D eigenvalue weighted by Crippen LogP contribution is -2.71. The molecule has 2 rings (SSSR count). The highest BCUT2D eigenvalue weighted by Crippen LogP contribution is 2.50. The minimum atomic E-state index is -1.05. The smallest absolute Gasteiger partial charge is 0.408 e. The first-order chi connectivity index (χ1) is 17.3. The van der Waals surface area contributed by atoms with Crippen LogP contribution in [0.3, 0.4) is 0 Å². The van der Waals surface area contributed by atoms with Crippen LogP contribution < -0.4 is 10.6 Å². The van der Waals surface area contributed by atoms with Gasteiger partial charge in [0.2, 0.25) is 11.8 Å². The number of amides is 3. The van der Waals surface area contributed by atoms with E-state index in [-0.39, 0.29) is 0 Å². The molecule has 0 spiro atoms. The maximum Gasteiger partial charge on any atom is 0.408 e. The van der Waals surface area contributed by atoms with Gasteiger partial charge in [-0.2, -0.15) is 0 Å². The van der Waals surface area contributed by atoms with Gasteiger partial charge < -0.3 is 25.4 Å². The second-order valence-corrected chi connectivity index (χ2v) is 13.5. The molecule has 0 aromatic heterocycles. The molecule has 2 heterocycles. The first kappa shape index (κ1) is 31.2. The Hall–Kier alpha value is -1.97. The molecule has 3 N–H and O–H groups in total. The molecular weight excluding hydrogens is 494 g/mol. The average Bonchev–Trinajstić information content (AvgIpc) is 3.04. The van der Waals surface area contributed by atoms with Crippen LogP contribution in [-0.4, -0.2) is 67.7 Å². The molecule has 1 unspecified atom stereocenters. The predicted octanol–water partition coefficient (Wildman–Crippen LogP) is 4.82. The molecule has 212 valence electrons. The topological polar surface area (TPSA) is 125 Å². The molecule has 0 radical (unpaired) electrons. The van der Waals surface area contributed by atoms with Gasteiger partial charge in [-0.3, -0.25) is 9.59 Å². The molecule has 0 saturated carbocycles. The molecule has 2 saturated heterocycles. The number of carbonyl (C=O) groups is 4. The summed E-state index contributed by atoms with van der Waals surface area (Å²) < 4.78 is 4.68. The standard InChI is InChI=1S/C27H47N3O6S/c1-7-8-9-10-11-12-13-14-15-16-17-18(28-25(35)36-26(2,3)4)21(31)29-19-22(32)30-20(24(33)34)27(5,6)37-23(19)30/h18-20,23H,7-17H2,1-6H3,(H,28,35)(H,29,31)(H,33,34)/t18?,19-,20-,23+/m0/s1. The summed E-state index contributed by atoms with van der Waals surface area (Å²) >= 11 is 1.37. The van der Waals surface area contributed by atoms with Crippen LogP contribution in [0.2, 0.25) is 0 Å². The van der Waals surface area contributed by atoms with Gasteiger partial charge in [-0.15, -0.1) is 11.8 Å². The number of fused-ring (bicyclic) bond motifs is 1. The number of thioether (sulfide) groups is 1. The molecule has 2 aliphatic heterocycles. The van der Waals surface area contributed by atoms with Crippen LogP contribution in [-0.2, 0) is 19.1 Å². The van der Waals surface area contributed by atoms with Crippen LogP contribution in [0.25, 0.3) is 0 Å². The number of aliphatic carboxylic acids is 1. The SMILES string of the molecule is CCCCCCCCCCCCC(NC(=O)OC(C)(C)C)C(=O)N[C@H]1C(=O)N2[C@@H]1SC(C)(C)[C@@H]2C(=O)O. The summed E-state index contributed by atoms with van der Waals surface area (Å²) in [6.07, 6.45) is 11.3. The Kier molecular flexibility index (Phi) is 11.6. The van der Waals surface area contributed by atoms with Crippen molar-refractivity contribution in [3.8, 4) is 0 Å². The van der Waals surface area contributed by atoms with Gasteiger partial charge in [0.1, 0.15) is 29.1 Å². The van der Waals surface area contributed by atoms with Gasteiger partial charge in [0.15, 0.2) is 0 Å². The number of β-lactam (4-membered cyclic amide) rings is 1. The van der Waals surface area contributed by atoms with E-state index in [0.717, 1.165) is 25.7 Å². The lowest BCUT2D eigenvalue weighted by molar-refractivity contribution is -0.161. The minimum absolute atomic E-state index is 0.404. The molecular formula is C27H47N3O6S. The van der Waals surface area contributed by atoms with E-state index in [1.807, 2.05) is 0 Å². The largest absolute Gasteiger partial charge is 0.480 e. The molecule has 0 bridgehead atoms. The minimum Gasteiger partial charge on any atom is -0.480 e. The summed E-state index contributed by atoms with van der Waals surface area (Å²) in [5, 5.41) is 14.6. The predicted molar refractivity (Wildman–Crippen MR) is 145 cm³/mol. The van der Waals surface area contributed by atoms with Crippen LogP contribution in [0, 0.1) is 0 Å². The zero-order valence-electron chi connectivity index (χ0n) is 23.4. The highest BCUT2D eigenvalue weighted by Gasteiger charge is 2.64. The second-order valence-electron chi connectivity index (χ2n) is 11.8. The summed E-state index contributed by atoms with van der Waals surface area (Å²) in [5.74, 6) is -1.90. The molecule has 0 aromatic rings. The van der Waals surface area contributed by atoms with Gasteiger partial charge in [-0.25, -0.2) is 9.59 Å². The maximum atomic E-state index is 13.2. The van der Waals surface area contributed by atoms with Crippen LogP contribution in [0.5, 0.6) is 0 Å². The van der Waals surface area contributed by atoms with Crippen molar-refractivity contribution in [2.75, 3.05) is 0 Å².